The Bertz CT molecular complexity index is 452. The molecule has 96 valence electrons. The second-order valence-corrected chi connectivity index (χ2v) is 4.43. The van der Waals surface area contributed by atoms with Crippen molar-refractivity contribution in [2.75, 3.05) is 16.8 Å². The first-order chi connectivity index (χ1) is 8.61. The lowest BCUT2D eigenvalue weighted by Crippen LogP contribution is -2.28. The highest BCUT2D eigenvalue weighted by Gasteiger charge is 2.29. The Morgan fingerprint density at radius 2 is 2.17 bits per heavy atom. The zero-order valence-electron chi connectivity index (χ0n) is 10.6. The average Bonchev–Trinajstić information content (AvgIpc) is 3.15. The predicted molar refractivity (Wildman–Crippen MR) is 69.3 cm³/mol. The Kier molecular flexibility index (Phi) is 3.60. The zero-order chi connectivity index (χ0) is 13.1. The number of rotatable bonds is 4. The van der Waals surface area contributed by atoms with E-state index in [-0.39, 0.29) is 17.7 Å². The maximum atomic E-state index is 11.6. The standard InChI is InChI=1S/C13H17N3O2/c1-3-16(9(2)17)12-7-6-11(8-14-12)15-13(18)10-4-5-10/h6-8,10H,3-5H2,1-2H3,(H,15,18). The highest BCUT2D eigenvalue weighted by atomic mass is 16.2. The van der Waals surface area contributed by atoms with Crippen molar-refractivity contribution in [1.82, 2.24) is 4.98 Å². The second kappa shape index (κ2) is 5.16. The van der Waals surface area contributed by atoms with Crippen molar-refractivity contribution in [1.29, 1.82) is 0 Å². The summed E-state index contributed by atoms with van der Waals surface area (Å²) in [6.07, 6.45) is 3.54. The van der Waals surface area contributed by atoms with Crippen LogP contribution in [0, 0.1) is 5.92 Å². The summed E-state index contributed by atoms with van der Waals surface area (Å²) in [5, 5.41) is 2.81. The summed E-state index contributed by atoms with van der Waals surface area (Å²) < 4.78 is 0. The molecule has 1 aliphatic rings. The van der Waals surface area contributed by atoms with Crippen molar-refractivity contribution in [2.24, 2.45) is 5.92 Å². The number of amides is 2. The molecule has 1 saturated carbocycles. The van der Waals surface area contributed by atoms with E-state index in [9.17, 15) is 9.59 Å². The van der Waals surface area contributed by atoms with E-state index in [1.165, 1.54) is 6.92 Å². The van der Waals surface area contributed by atoms with Crippen molar-refractivity contribution < 1.29 is 9.59 Å². The molecular weight excluding hydrogens is 230 g/mol. The molecule has 5 nitrogen and oxygen atoms in total. The Labute approximate surface area is 106 Å². The van der Waals surface area contributed by atoms with Gasteiger partial charge in [-0.15, -0.1) is 0 Å². The fourth-order valence-corrected chi connectivity index (χ4v) is 1.76. The summed E-state index contributed by atoms with van der Waals surface area (Å²) >= 11 is 0. The second-order valence-electron chi connectivity index (χ2n) is 4.43. The molecule has 1 aliphatic carbocycles. The van der Waals surface area contributed by atoms with Crippen LogP contribution >= 0.6 is 0 Å². The van der Waals surface area contributed by atoms with Gasteiger partial charge in [-0.25, -0.2) is 4.98 Å². The molecule has 1 fully saturated rings. The van der Waals surface area contributed by atoms with Crippen molar-refractivity contribution >= 4 is 23.3 Å². The number of carbonyl (C=O) groups is 2. The molecule has 0 saturated heterocycles. The van der Waals surface area contributed by atoms with Gasteiger partial charge in [0.1, 0.15) is 5.82 Å². The molecular formula is C13H17N3O2. The van der Waals surface area contributed by atoms with Crippen LogP contribution in [0.1, 0.15) is 26.7 Å². The summed E-state index contributed by atoms with van der Waals surface area (Å²) in [7, 11) is 0. The van der Waals surface area contributed by atoms with Crippen molar-refractivity contribution in [3.63, 3.8) is 0 Å². The maximum Gasteiger partial charge on any atom is 0.227 e. The number of nitrogens with one attached hydrogen (secondary N) is 1. The maximum absolute atomic E-state index is 11.6. The minimum absolute atomic E-state index is 0.0419. The number of pyridine rings is 1. The van der Waals surface area contributed by atoms with Crippen LogP contribution in [0.3, 0.4) is 0 Å². The van der Waals surface area contributed by atoms with Crippen LogP contribution in [0.2, 0.25) is 0 Å². The molecule has 1 N–H and O–H groups in total. The Morgan fingerprint density at radius 1 is 1.44 bits per heavy atom. The van der Waals surface area contributed by atoms with E-state index in [2.05, 4.69) is 10.3 Å². The van der Waals surface area contributed by atoms with E-state index < -0.39 is 0 Å². The molecule has 1 heterocycles. The third-order valence-corrected chi connectivity index (χ3v) is 2.94. The third-order valence-electron chi connectivity index (χ3n) is 2.94. The van der Waals surface area contributed by atoms with Gasteiger partial charge in [-0.2, -0.15) is 0 Å². The molecule has 0 radical (unpaired) electrons. The SMILES string of the molecule is CCN(C(C)=O)c1ccc(NC(=O)C2CC2)cn1. The number of hydrogen-bond acceptors (Lipinski definition) is 3. The number of nitrogens with zero attached hydrogens (tertiary/aromatic N) is 2. The number of anilines is 2. The molecule has 2 amide bonds. The lowest BCUT2D eigenvalue weighted by Gasteiger charge is -2.17. The largest absolute Gasteiger partial charge is 0.324 e. The van der Waals surface area contributed by atoms with Gasteiger partial charge in [0.25, 0.3) is 0 Å². The molecule has 1 aromatic heterocycles. The molecule has 0 atom stereocenters. The summed E-state index contributed by atoms with van der Waals surface area (Å²) in [4.78, 5) is 28.7. The zero-order valence-corrected chi connectivity index (χ0v) is 10.6. The van der Waals surface area contributed by atoms with Crippen LogP contribution in [0.25, 0.3) is 0 Å². The smallest absolute Gasteiger partial charge is 0.227 e. The van der Waals surface area contributed by atoms with Gasteiger partial charge in [0, 0.05) is 19.4 Å². The third kappa shape index (κ3) is 2.85. The van der Waals surface area contributed by atoms with E-state index in [4.69, 9.17) is 0 Å². The Balaban J connectivity index is 2.04. The van der Waals surface area contributed by atoms with Crippen LogP contribution in [0.5, 0.6) is 0 Å². The van der Waals surface area contributed by atoms with Gasteiger partial charge in [0.15, 0.2) is 0 Å². The molecule has 0 spiro atoms. The molecule has 2 rings (SSSR count). The van der Waals surface area contributed by atoms with Crippen LogP contribution < -0.4 is 10.2 Å². The fraction of sp³-hybridized carbons (Fsp3) is 0.462. The summed E-state index contributed by atoms with van der Waals surface area (Å²) in [6.45, 7) is 3.98. The van der Waals surface area contributed by atoms with Gasteiger partial charge in [-0.1, -0.05) is 0 Å². The molecule has 5 heteroatoms. The van der Waals surface area contributed by atoms with E-state index in [0.717, 1.165) is 12.8 Å². The summed E-state index contributed by atoms with van der Waals surface area (Å²) in [6, 6.07) is 3.52. The van der Waals surface area contributed by atoms with E-state index >= 15 is 0 Å². The van der Waals surface area contributed by atoms with Crippen LogP contribution in [-0.4, -0.2) is 23.3 Å². The van der Waals surface area contributed by atoms with Crippen LogP contribution in [0.4, 0.5) is 11.5 Å². The van der Waals surface area contributed by atoms with Gasteiger partial charge < -0.3 is 5.32 Å². The van der Waals surface area contributed by atoms with Gasteiger partial charge in [0.05, 0.1) is 11.9 Å². The Hall–Kier alpha value is -1.91. The van der Waals surface area contributed by atoms with Crippen molar-refractivity contribution in [3.8, 4) is 0 Å². The monoisotopic (exact) mass is 247 g/mol. The number of carbonyl (C=O) groups excluding carboxylic acids is 2. The first kappa shape index (κ1) is 12.5. The van der Waals surface area contributed by atoms with E-state index in [1.807, 2.05) is 6.92 Å². The highest BCUT2D eigenvalue weighted by Crippen LogP contribution is 2.30. The predicted octanol–water partition coefficient (Wildman–Crippen LogP) is 1.80. The topological polar surface area (TPSA) is 62.3 Å². The van der Waals surface area contributed by atoms with E-state index in [0.29, 0.717) is 18.1 Å². The highest BCUT2D eigenvalue weighted by molar-refractivity contribution is 5.94. The van der Waals surface area contributed by atoms with Gasteiger partial charge in [0.2, 0.25) is 11.8 Å². The van der Waals surface area contributed by atoms with Gasteiger partial charge in [-0.3, -0.25) is 14.5 Å². The minimum Gasteiger partial charge on any atom is -0.324 e. The summed E-state index contributed by atoms with van der Waals surface area (Å²) in [5.41, 5.74) is 0.676. The molecule has 18 heavy (non-hydrogen) atoms. The van der Waals surface area contributed by atoms with Crippen molar-refractivity contribution in [3.05, 3.63) is 18.3 Å². The van der Waals surface area contributed by atoms with Gasteiger partial charge >= 0.3 is 0 Å². The van der Waals surface area contributed by atoms with Crippen LogP contribution in [0.15, 0.2) is 18.3 Å². The minimum atomic E-state index is -0.0419. The van der Waals surface area contributed by atoms with Gasteiger partial charge in [-0.05, 0) is 31.9 Å². The first-order valence-electron chi connectivity index (χ1n) is 6.17. The lowest BCUT2D eigenvalue weighted by atomic mass is 10.3. The normalized spacial score (nSPS) is 14.1. The average molecular weight is 247 g/mol. The molecule has 0 aromatic carbocycles. The molecule has 0 bridgehead atoms. The molecule has 0 aliphatic heterocycles. The fourth-order valence-electron chi connectivity index (χ4n) is 1.76. The van der Waals surface area contributed by atoms with E-state index in [1.54, 1.807) is 23.2 Å². The number of hydrogen-bond donors (Lipinski definition) is 1. The summed E-state index contributed by atoms with van der Waals surface area (Å²) in [5.74, 6) is 0.798. The Morgan fingerprint density at radius 3 is 2.61 bits per heavy atom. The molecule has 0 unspecified atom stereocenters. The van der Waals surface area contributed by atoms with Crippen LogP contribution in [-0.2, 0) is 9.59 Å². The number of aromatic nitrogens is 1. The molecule has 1 aromatic rings. The quantitative estimate of drug-likeness (QED) is 0.882. The lowest BCUT2D eigenvalue weighted by molar-refractivity contribution is -0.117. The first-order valence-corrected chi connectivity index (χ1v) is 6.17. The van der Waals surface area contributed by atoms with Crippen molar-refractivity contribution in [2.45, 2.75) is 26.7 Å².